The summed E-state index contributed by atoms with van der Waals surface area (Å²) in [6, 6.07) is 11.2. The quantitative estimate of drug-likeness (QED) is 0.797. The molecule has 0 saturated heterocycles. The number of nitrogens with zero attached hydrogens (tertiary/aromatic N) is 1. The molecule has 0 bridgehead atoms. The SMILES string of the molecule is Nc1cccc2c1CCN2C(=O)c1ccc(F)cc1. The van der Waals surface area contributed by atoms with Crippen molar-refractivity contribution in [1.29, 1.82) is 0 Å². The average molecular weight is 256 g/mol. The summed E-state index contributed by atoms with van der Waals surface area (Å²) in [5.74, 6) is -0.466. The molecule has 0 unspecified atom stereocenters. The van der Waals surface area contributed by atoms with Crippen molar-refractivity contribution in [2.75, 3.05) is 17.2 Å². The number of nitrogen functional groups attached to an aromatic ring is 1. The highest BCUT2D eigenvalue weighted by Gasteiger charge is 2.26. The number of fused-ring (bicyclic) bond motifs is 1. The number of benzene rings is 2. The molecule has 3 nitrogen and oxygen atoms in total. The summed E-state index contributed by atoms with van der Waals surface area (Å²) >= 11 is 0. The summed E-state index contributed by atoms with van der Waals surface area (Å²) < 4.78 is 12.9. The molecular formula is C15H13FN2O. The van der Waals surface area contributed by atoms with Crippen LogP contribution in [0.15, 0.2) is 42.5 Å². The number of rotatable bonds is 1. The minimum absolute atomic E-state index is 0.121. The van der Waals surface area contributed by atoms with Crippen molar-refractivity contribution in [2.45, 2.75) is 6.42 Å². The smallest absolute Gasteiger partial charge is 0.258 e. The van der Waals surface area contributed by atoms with E-state index in [1.165, 1.54) is 24.3 Å². The van der Waals surface area contributed by atoms with Gasteiger partial charge in [0.05, 0.1) is 0 Å². The summed E-state index contributed by atoms with van der Waals surface area (Å²) in [7, 11) is 0. The molecule has 1 heterocycles. The summed E-state index contributed by atoms with van der Waals surface area (Å²) in [4.78, 5) is 14.1. The van der Waals surface area contributed by atoms with Gasteiger partial charge in [-0.1, -0.05) is 6.07 Å². The van der Waals surface area contributed by atoms with E-state index in [1.54, 1.807) is 4.90 Å². The number of hydrogen-bond acceptors (Lipinski definition) is 2. The second kappa shape index (κ2) is 4.39. The van der Waals surface area contributed by atoms with Crippen molar-refractivity contribution in [3.8, 4) is 0 Å². The molecule has 19 heavy (non-hydrogen) atoms. The van der Waals surface area contributed by atoms with Crippen LogP contribution in [0.4, 0.5) is 15.8 Å². The highest BCUT2D eigenvalue weighted by molar-refractivity contribution is 6.07. The monoisotopic (exact) mass is 256 g/mol. The minimum atomic E-state index is -0.345. The summed E-state index contributed by atoms with van der Waals surface area (Å²) in [6.07, 6.45) is 0.759. The standard InChI is InChI=1S/C15H13FN2O/c16-11-6-4-10(5-7-11)15(19)18-9-8-12-13(17)2-1-3-14(12)18/h1-7H,8-9,17H2. The van der Waals surface area contributed by atoms with Gasteiger partial charge in [-0.05, 0) is 42.8 Å². The molecule has 4 heteroatoms. The zero-order chi connectivity index (χ0) is 13.4. The van der Waals surface area contributed by atoms with Crippen molar-refractivity contribution in [2.24, 2.45) is 0 Å². The van der Waals surface area contributed by atoms with Crippen LogP contribution in [-0.2, 0) is 6.42 Å². The Morgan fingerprint density at radius 3 is 2.63 bits per heavy atom. The van der Waals surface area contributed by atoms with E-state index < -0.39 is 0 Å². The fraction of sp³-hybridized carbons (Fsp3) is 0.133. The van der Waals surface area contributed by atoms with Crippen LogP contribution in [0.3, 0.4) is 0 Å². The lowest BCUT2D eigenvalue weighted by atomic mass is 10.1. The van der Waals surface area contributed by atoms with Gasteiger partial charge in [0, 0.05) is 29.0 Å². The van der Waals surface area contributed by atoms with E-state index in [2.05, 4.69) is 0 Å². The fourth-order valence-electron chi connectivity index (χ4n) is 2.42. The molecule has 0 fully saturated rings. The van der Waals surface area contributed by atoms with Crippen LogP contribution in [0.5, 0.6) is 0 Å². The third-order valence-electron chi connectivity index (χ3n) is 3.40. The Kier molecular flexibility index (Phi) is 2.71. The molecule has 0 radical (unpaired) electrons. The Morgan fingerprint density at radius 1 is 1.16 bits per heavy atom. The number of halogens is 1. The molecule has 96 valence electrons. The second-order valence-corrected chi connectivity index (χ2v) is 4.56. The minimum Gasteiger partial charge on any atom is -0.398 e. The van der Waals surface area contributed by atoms with Crippen LogP contribution in [0.1, 0.15) is 15.9 Å². The van der Waals surface area contributed by atoms with Crippen molar-refractivity contribution in [3.05, 3.63) is 59.4 Å². The molecule has 0 spiro atoms. The number of amides is 1. The first-order valence-corrected chi connectivity index (χ1v) is 6.11. The molecule has 2 aromatic rings. The van der Waals surface area contributed by atoms with E-state index in [9.17, 15) is 9.18 Å². The van der Waals surface area contributed by atoms with Gasteiger partial charge < -0.3 is 10.6 Å². The summed E-state index contributed by atoms with van der Waals surface area (Å²) in [6.45, 7) is 0.611. The molecule has 1 aliphatic heterocycles. The Labute approximate surface area is 110 Å². The van der Waals surface area contributed by atoms with Gasteiger partial charge in [-0.3, -0.25) is 4.79 Å². The van der Waals surface area contributed by atoms with Gasteiger partial charge in [0.1, 0.15) is 5.82 Å². The molecule has 0 aromatic heterocycles. The summed E-state index contributed by atoms with van der Waals surface area (Å²) in [5, 5.41) is 0. The van der Waals surface area contributed by atoms with Crippen LogP contribution in [0.2, 0.25) is 0 Å². The van der Waals surface area contributed by atoms with Crippen LogP contribution in [0, 0.1) is 5.82 Å². The average Bonchev–Trinajstić information content (AvgIpc) is 2.84. The van der Waals surface area contributed by atoms with E-state index in [-0.39, 0.29) is 11.7 Å². The first-order chi connectivity index (χ1) is 9.16. The van der Waals surface area contributed by atoms with E-state index in [1.807, 2.05) is 18.2 Å². The lowest BCUT2D eigenvalue weighted by molar-refractivity contribution is 0.0989. The number of carbonyl (C=O) groups is 1. The van der Waals surface area contributed by atoms with Gasteiger partial charge in [-0.25, -0.2) is 4.39 Å². The van der Waals surface area contributed by atoms with Gasteiger partial charge in [0.25, 0.3) is 5.91 Å². The van der Waals surface area contributed by atoms with Gasteiger partial charge in [0.2, 0.25) is 0 Å². The zero-order valence-electron chi connectivity index (χ0n) is 10.3. The maximum atomic E-state index is 12.9. The van der Waals surface area contributed by atoms with Crippen molar-refractivity contribution in [1.82, 2.24) is 0 Å². The largest absolute Gasteiger partial charge is 0.398 e. The van der Waals surface area contributed by atoms with E-state index in [0.717, 1.165) is 17.7 Å². The molecule has 1 aliphatic rings. The topological polar surface area (TPSA) is 46.3 Å². The molecule has 0 aliphatic carbocycles. The predicted molar refractivity (Wildman–Crippen MR) is 72.6 cm³/mol. The first kappa shape index (κ1) is 11.7. The van der Waals surface area contributed by atoms with Crippen LogP contribution in [0.25, 0.3) is 0 Å². The van der Waals surface area contributed by atoms with Crippen LogP contribution < -0.4 is 10.6 Å². The molecule has 2 aromatic carbocycles. The maximum absolute atomic E-state index is 12.9. The van der Waals surface area contributed by atoms with Crippen molar-refractivity contribution >= 4 is 17.3 Å². The Bertz CT molecular complexity index is 637. The lowest BCUT2D eigenvalue weighted by Gasteiger charge is -2.17. The van der Waals surface area contributed by atoms with Gasteiger partial charge in [-0.15, -0.1) is 0 Å². The molecule has 1 amide bonds. The maximum Gasteiger partial charge on any atom is 0.258 e. The Morgan fingerprint density at radius 2 is 1.89 bits per heavy atom. The second-order valence-electron chi connectivity index (χ2n) is 4.56. The highest BCUT2D eigenvalue weighted by atomic mass is 19.1. The third kappa shape index (κ3) is 1.95. The third-order valence-corrected chi connectivity index (χ3v) is 3.40. The van der Waals surface area contributed by atoms with Crippen LogP contribution >= 0.6 is 0 Å². The van der Waals surface area contributed by atoms with Gasteiger partial charge >= 0.3 is 0 Å². The van der Waals surface area contributed by atoms with Gasteiger partial charge in [-0.2, -0.15) is 0 Å². The number of hydrogen-bond donors (Lipinski definition) is 1. The number of anilines is 2. The molecular weight excluding hydrogens is 243 g/mol. The molecule has 0 saturated carbocycles. The Hall–Kier alpha value is -2.36. The zero-order valence-corrected chi connectivity index (χ0v) is 10.3. The predicted octanol–water partition coefficient (Wildman–Crippen LogP) is 2.61. The first-order valence-electron chi connectivity index (χ1n) is 6.11. The molecule has 0 atom stereocenters. The van der Waals surface area contributed by atoms with Crippen molar-refractivity contribution < 1.29 is 9.18 Å². The van der Waals surface area contributed by atoms with E-state index in [4.69, 9.17) is 5.73 Å². The molecule has 2 N–H and O–H groups in total. The number of carbonyl (C=O) groups excluding carboxylic acids is 1. The Balaban J connectivity index is 1.95. The lowest BCUT2D eigenvalue weighted by Crippen LogP contribution is -2.28. The van der Waals surface area contributed by atoms with Crippen LogP contribution in [-0.4, -0.2) is 12.5 Å². The fourth-order valence-corrected chi connectivity index (χ4v) is 2.42. The molecule has 3 rings (SSSR count). The van der Waals surface area contributed by atoms with E-state index in [0.29, 0.717) is 17.8 Å². The highest BCUT2D eigenvalue weighted by Crippen LogP contribution is 2.32. The van der Waals surface area contributed by atoms with Crippen molar-refractivity contribution in [3.63, 3.8) is 0 Å². The summed E-state index contributed by atoms with van der Waals surface area (Å²) in [5.41, 5.74) is 8.97. The van der Waals surface area contributed by atoms with E-state index >= 15 is 0 Å². The normalized spacial score (nSPS) is 13.4. The van der Waals surface area contributed by atoms with Gasteiger partial charge in [0.15, 0.2) is 0 Å². The number of nitrogens with two attached hydrogens (primary N) is 1.